The number of halogens is 1. The molecule has 0 spiro atoms. The lowest BCUT2D eigenvalue weighted by atomic mass is 9.88. The van der Waals surface area contributed by atoms with Crippen molar-refractivity contribution in [3.63, 3.8) is 0 Å². The van der Waals surface area contributed by atoms with E-state index in [1.54, 1.807) is 33.8 Å². The van der Waals surface area contributed by atoms with Crippen LogP contribution in [0.4, 0.5) is 14.9 Å². The molecule has 0 aliphatic heterocycles. The van der Waals surface area contributed by atoms with Gasteiger partial charge in [-0.25, -0.2) is 9.18 Å². The standard InChI is InChI=1S/C18H26FNO4/c1-7-23-16(21)15(11(2)3)12-8-9-14(13(19)10-12)20-17(22)24-18(4,5)6/h8-11,15H,7H2,1-6H3,(H,20,22). The van der Waals surface area contributed by atoms with Gasteiger partial charge in [0, 0.05) is 0 Å². The molecule has 0 bridgehead atoms. The first-order valence-electron chi connectivity index (χ1n) is 8.01. The van der Waals surface area contributed by atoms with Gasteiger partial charge < -0.3 is 9.47 Å². The van der Waals surface area contributed by atoms with Gasteiger partial charge in [-0.2, -0.15) is 0 Å². The Balaban J connectivity index is 2.97. The summed E-state index contributed by atoms with van der Waals surface area (Å²) < 4.78 is 24.4. The third kappa shape index (κ3) is 5.83. The number of carbonyl (C=O) groups excluding carboxylic acids is 2. The molecule has 0 saturated carbocycles. The summed E-state index contributed by atoms with van der Waals surface area (Å²) in [6.07, 6.45) is -0.736. The zero-order valence-corrected chi connectivity index (χ0v) is 15.1. The maximum Gasteiger partial charge on any atom is 0.412 e. The summed E-state index contributed by atoms with van der Waals surface area (Å²) in [7, 11) is 0. The van der Waals surface area contributed by atoms with Crippen LogP contribution in [0.5, 0.6) is 0 Å². The van der Waals surface area contributed by atoms with Gasteiger partial charge in [-0.05, 0) is 51.3 Å². The Hall–Kier alpha value is -2.11. The first-order chi connectivity index (χ1) is 11.0. The molecule has 1 unspecified atom stereocenters. The van der Waals surface area contributed by atoms with Gasteiger partial charge in [0.15, 0.2) is 0 Å². The van der Waals surface area contributed by atoms with E-state index in [0.29, 0.717) is 5.56 Å². The van der Waals surface area contributed by atoms with Crippen molar-refractivity contribution in [1.29, 1.82) is 0 Å². The summed E-state index contributed by atoms with van der Waals surface area (Å²) in [6.45, 7) is 10.9. The minimum Gasteiger partial charge on any atom is -0.466 e. The summed E-state index contributed by atoms with van der Waals surface area (Å²) in [5.41, 5.74) is -0.164. The Morgan fingerprint density at radius 1 is 1.25 bits per heavy atom. The highest BCUT2D eigenvalue weighted by atomic mass is 19.1. The maximum absolute atomic E-state index is 14.3. The molecule has 1 amide bonds. The second-order valence-corrected chi connectivity index (χ2v) is 6.84. The fraction of sp³-hybridized carbons (Fsp3) is 0.556. The molecular weight excluding hydrogens is 313 g/mol. The molecule has 1 aromatic carbocycles. The third-order valence-electron chi connectivity index (χ3n) is 3.20. The van der Waals surface area contributed by atoms with Crippen molar-refractivity contribution in [2.45, 2.75) is 53.1 Å². The number of benzene rings is 1. The minimum atomic E-state index is -0.736. The quantitative estimate of drug-likeness (QED) is 0.804. The summed E-state index contributed by atoms with van der Waals surface area (Å²) in [4.78, 5) is 23.8. The van der Waals surface area contributed by atoms with E-state index in [9.17, 15) is 14.0 Å². The summed E-state index contributed by atoms with van der Waals surface area (Å²) in [5.74, 6) is -1.63. The monoisotopic (exact) mass is 339 g/mol. The smallest absolute Gasteiger partial charge is 0.412 e. The van der Waals surface area contributed by atoms with Crippen LogP contribution >= 0.6 is 0 Å². The van der Waals surface area contributed by atoms with Crippen LogP contribution in [-0.4, -0.2) is 24.3 Å². The van der Waals surface area contributed by atoms with E-state index in [0.717, 1.165) is 0 Å². The van der Waals surface area contributed by atoms with Crippen LogP contribution in [-0.2, 0) is 14.3 Å². The molecule has 5 nitrogen and oxygen atoms in total. The van der Waals surface area contributed by atoms with Crippen molar-refractivity contribution in [3.8, 4) is 0 Å². The van der Waals surface area contributed by atoms with E-state index in [4.69, 9.17) is 9.47 Å². The highest BCUT2D eigenvalue weighted by Crippen LogP contribution is 2.29. The number of carbonyl (C=O) groups is 2. The van der Waals surface area contributed by atoms with Crippen LogP contribution in [0.25, 0.3) is 0 Å². The molecule has 24 heavy (non-hydrogen) atoms. The molecular formula is C18H26FNO4. The summed E-state index contributed by atoms with van der Waals surface area (Å²) in [5, 5.41) is 2.36. The molecule has 0 aromatic heterocycles. The predicted molar refractivity (Wildman–Crippen MR) is 90.5 cm³/mol. The molecule has 0 aliphatic carbocycles. The molecule has 0 fully saturated rings. The molecule has 0 radical (unpaired) electrons. The van der Waals surface area contributed by atoms with Gasteiger partial charge in [0.25, 0.3) is 0 Å². The van der Waals surface area contributed by atoms with Crippen LogP contribution in [0.1, 0.15) is 53.0 Å². The predicted octanol–water partition coefficient (Wildman–Crippen LogP) is 4.48. The first-order valence-corrected chi connectivity index (χ1v) is 8.01. The van der Waals surface area contributed by atoms with Crippen molar-refractivity contribution in [2.24, 2.45) is 5.92 Å². The fourth-order valence-corrected chi connectivity index (χ4v) is 2.26. The van der Waals surface area contributed by atoms with E-state index in [2.05, 4.69) is 5.32 Å². The summed E-state index contributed by atoms with van der Waals surface area (Å²) >= 11 is 0. The average Bonchev–Trinajstić information content (AvgIpc) is 2.39. The SMILES string of the molecule is CCOC(=O)C(c1ccc(NC(=O)OC(C)(C)C)c(F)c1)C(C)C. The molecule has 1 atom stereocenters. The molecule has 134 valence electrons. The third-order valence-corrected chi connectivity index (χ3v) is 3.20. The van der Waals surface area contributed by atoms with Crippen LogP contribution in [0.2, 0.25) is 0 Å². The lowest BCUT2D eigenvalue weighted by molar-refractivity contribution is -0.146. The van der Waals surface area contributed by atoms with Crippen LogP contribution in [0, 0.1) is 11.7 Å². The van der Waals surface area contributed by atoms with E-state index in [1.165, 1.54) is 12.1 Å². The Labute approximate surface area is 142 Å². The highest BCUT2D eigenvalue weighted by Gasteiger charge is 2.26. The van der Waals surface area contributed by atoms with Crippen LogP contribution < -0.4 is 5.32 Å². The van der Waals surface area contributed by atoms with Gasteiger partial charge in [-0.3, -0.25) is 10.1 Å². The van der Waals surface area contributed by atoms with Gasteiger partial charge >= 0.3 is 12.1 Å². The van der Waals surface area contributed by atoms with Gasteiger partial charge in [0.1, 0.15) is 11.4 Å². The minimum absolute atomic E-state index is 0.000588. The van der Waals surface area contributed by atoms with Crippen LogP contribution in [0.3, 0.4) is 0 Å². The highest BCUT2D eigenvalue weighted by molar-refractivity contribution is 5.85. The average molecular weight is 339 g/mol. The van der Waals surface area contributed by atoms with Gasteiger partial charge in [0.2, 0.25) is 0 Å². The molecule has 0 heterocycles. The number of rotatable bonds is 5. The number of amides is 1. The first kappa shape index (κ1) is 19.9. The zero-order valence-electron chi connectivity index (χ0n) is 15.1. The second-order valence-electron chi connectivity index (χ2n) is 6.84. The topological polar surface area (TPSA) is 64.6 Å². The number of esters is 1. The molecule has 6 heteroatoms. The van der Waals surface area contributed by atoms with E-state index in [-0.39, 0.29) is 24.2 Å². The Bertz CT molecular complexity index is 593. The number of hydrogen-bond donors (Lipinski definition) is 1. The van der Waals surface area contributed by atoms with Crippen LogP contribution in [0.15, 0.2) is 18.2 Å². The lowest BCUT2D eigenvalue weighted by Gasteiger charge is -2.21. The van der Waals surface area contributed by atoms with Crippen molar-refractivity contribution in [2.75, 3.05) is 11.9 Å². The van der Waals surface area contributed by atoms with Crippen molar-refractivity contribution >= 4 is 17.7 Å². The molecule has 1 rings (SSSR count). The number of nitrogens with one attached hydrogen (secondary N) is 1. The second kappa shape index (κ2) is 8.13. The van der Waals surface area contributed by atoms with Crippen molar-refractivity contribution < 1.29 is 23.5 Å². The number of hydrogen-bond acceptors (Lipinski definition) is 4. The molecule has 1 N–H and O–H groups in total. The number of ether oxygens (including phenoxy) is 2. The molecule has 0 aliphatic rings. The van der Waals surface area contributed by atoms with Crippen molar-refractivity contribution in [1.82, 2.24) is 0 Å². The Kier molecular flexibility index (Phi) is 6.75. The van der Waals surface area contributed by atoms with E-state index < -0.39 is 23.4 Å². The Morgan fingerprint density at radius 2 is 1.88 bits per heavy atom. The lowest BCUT2D eigenvalue weighted by Crippen LogP contribution is -2.27. The zero-order chi connectivity index (χ0) is 18.5. The van der Waals surface area contributed by atoms with Gasteiger partial charge in [0.05, 0.1) is 18.2 Å². The normalized spacial score (nSPS) is 12.7. The van der Waals surface area contributed by atoms with E-state index in [1.807, 2.05) is 13.8 Å². The Morgan fingerprint density at radius 3 is 2.33 bits per heavy atom. The van der Waals surface area contributed by atoms with Crippen molar-refractivity contribution in [3.05, 3.63) is 29.6 Å². The van der Waals surface area contributed by atoms with Gasteiger partial charge in [-0.1, -0.05) is 19.9 Å². The largest absolute Gasteiger partial charge is 0.466 e. The van der Waals surface area contributed by atoms with E-state index >= 15 is 0 Å². The summed E-state index contributed by atoms with van der Waals surface area (Å²) in [6, 6.07) is 4.27. The fourth-order valence-electron chi connectivity index (χ4n) is 2.26. The molecule has 0 saturated heterocycles. The molecule has 1 aromatic rings. The maximum atomic E-state index is 14.3. The van der Waals surface area contributed by atoms with Gasteiger partial charge in [-0.15, -0.1) is 0 Å². The number of anilines is 1.